The van der Waals surface area contributed by atoms with Crippen LogP contribution in [-0.2, 0) is 4.79 Å². The molecule has 2 atom stereocenters. The van der Waals surface area contributed by atoms with E-state index in [1.807, 2.05) is 11.8 Å². The van der Waals surface area contributed by atoms with Gasteiger partial charge >= 0.3 is 0 Å². The summed E-state index contributed by atoms with van der Waals surface area (Å²) < 4.78 is 0. The highest BCUT2D eigenvalue weighted by molar-refractivity contribution is 7.99. The van der Waals surface area contributed by atoms with Crippen molar-refractivity contribution in [3.63, 3.8) is 0 Å². The minimum absolute atomic E-state index is 0.146. The molecule has 1 saturated carbocycles. The molecule has 1 aliphatic carbocycles. The maximum absolute atomic E-state index is 11.0. The highest BCUT2D eigenvalue weighted by Gasteiger charge is 2.20. The van der Waals surface area contributed by atoms with Gasteiger partial charge in [-0.3, -0.25) is 4.79 Å². The quantitative estimate of drug-likeness (QED) is 0.700. The third kappa shape index (κ3) is 5.21. The molecule has 2 N–H and O–H groups in total. The molecule has 94 valence electrons. The van der Waals surface area contributed by atoms with E-state index in [0.29, 0.717) is 12.5 Å². The molecule has 1 aliphatic rings. The highest BCUT2D eigenvalue weighted by atomic mass is 32.2. The van der Waals surface area contributed by atoms with Crippen molar-refractivity contribution in [3.05, 3.63) is 0 Å². The van der Waals surface area contributed by atoms with Crippen LogP contribution in [-0.4, -0.2) is 37.0 Å². The van der Waals surface area contributed by atoms with Crippen LogP contribution in [0.25, 0.3) is 0 Å². The zero-order valence-corrected chi connectivity index (χ0v) is 11.2. The SMILES string of the molecule is CNC(=O)CCCNC1CCCC(SC)C1. The van der Waals surface area contributed by atoms with Gasteiger partial charge in [0.05, 0.1) is 0 Å². The van der Waals surface area contributed by atoms with E-state index in [4.69, 9.17) is 0 Å². The molecule has 0 aromatic heterocycles. The molecule has 0 saturated heterocycles. The number of nitrogens with one attached hydrogen (secondary N) is 2. The summed E-state index contributed by atoms with van der Waals surface area (Å²) in [5.74, 6) is 0.146. The first-order valence-electron chi connectivity index (χ1n) is 6.23. The van der Waals surface area contributed by atoms with Crippen LogP contribution in [0.1, 0.15) is 38.5 Å². The molecule has 0 aromatic carbocycles. The van der Waals surface area contributed by atoms with Gasteiger partial charge in [0.2, 0.25) is 5.91 Å². The van der Waals surface area contributed by atoms with Gasteiger partial charge in [-0.1, -0.05) is 6.42 Å². The Labute approximate surface area is 103 Å². The fourth-order valence-electron chi connectivity index (χ4n) is 2.22. The lowest BCUT2D eigenvalue weighted by Crippen LogP contribution is -2.36. The van der Waals surface area contributed by atoms with Gasteiger partial charge < -0.3 is 10.6 Å². The predicted octanol–water partition coefficient (Wildman–Crippen LogP) is 1.78. The number of carbonyl (C=O) groups excluding carboxylic acids is 1. The maximum Gasteiger partial charge on any atom is 0.219 e. The van der Waals surface area contributed by atoms with Crippen LogP contribution in [0.4, 0.5) is 0 Å². The fraction of sp³-hybridized carbons (Fsp3) is 0.917. The molecular formula is C12H24N2OS. The zero-order chi connectivity index (χ0) is 11.8. The molecule has 0 heterocycles. The average molecular weight is 244 g/mol. The maximum atomic E-state index is 11.0. The summed E-state index contributed by atoms with van der Waals surface area (Å²) in [5, 5.41) is 7.06. The highest BCUT2D eigenvalue weighted by Crippen LogP contribution is 2.26. The minimum Gasteiger partial charge on any atom is -0.359 e. The van der Waals surface area contributed by atoms with Gasteiger partial charge in [0.15, 0.2) is 0 Å². The van der Waals surface area contributed by atoms with Gasteiger partial charge in [0.25, 0.3) is 0 Å². The summed E-state index contributed by atoms with van der Waals surface area (Å²) >= 11 is 1.99. The van der Waals surface area contributed by atoms with E-state index in [1.54, 1.807) is 7.05 Å². The summed E-state index contributed by atoms with van der Waals surface area (Å²) in [6, 6.07) is 0.677. The summed E-state index contributed by atoms with van der Waals surface area (Å²) in [6.45, 7) is 0.971. The number of rotatable bonds is 6. The third-order valence-electron chi connectivity index (χ3n) is 3.25. The van der Waals surface area contributed by atoms with Crippen LogP contribution in [0.15, 0.2) is 0 Å². The van der Waals surface area contributed by atoms with Gasteiger partial charge in [-0.15, -0.1) is 0 Å². The molecule has 0 aliphatic heterocycles. The van der Waals surface area contributed by atoms with Crippen molar-refractivity contribution in [1.29, 1.82) is 0 Å². The monoisotopic (exact) mass is 244 g/mol. The fourth-order valence-corrected chi connectivity index (χ4v) is 3.05. The van der Waals surface area contributed by atoms with Gasteiger partial charge in [-0.05, 0) is 38.5 Å². The second-order valence-corrected chi connectivity index (χ2v) is 5.59. The molecular weight excluding hydrogens is 220 g/mol. The Kier molecular flexibility index (Phi) is 6.88. The van der Waals surface area contributed by atoms with Gasteiger partial charge in [0, 0.05) is 24.8 Å². The lowest BCUT2D eigenvalue weighted by Gasteiger charge is -2.28. The number of thioether (sulfide) groups is 1. The van der Waals surface area contributed by atoms with Crippen molar-refractivity contribution in [1.82, 2.24) is 10.6 Å². The molecule has 1 rings (SSSR count). The average Bonchev–Trinajstić information content (AvgIpc) is 2.34. The standard InChI is InChI=1S/C12H24N2OS/c1-13-12(15)7-4-8-14-10-5-3-6-11(9-10)16-2/h10-11,14H,3-9H2,1-2H3,(H,13,15). The molecule has 2 unspecified atom stereocenters. The van der Waals surface area contributed by atoms with Gasteiger partial charge in [0.1, 0.15) is 0 Å². The molecule has 0 bridgehead atoms. The summed E-state index contributed by atoms with van der Waals surface area (Å²) in [7, 11) is 1.69. The molecule has 4 heteroatoms. The van der Waals surface area contributed by atoms with E-state index >= 15 is 0 Å². The van der Waals surface area contributed by atoms with Crippen molar-refractivity contribution >= 4 is 17.7 Å². The Morgan fingerprint density at radius 2 is 2.25 bits per heavy atom. The van der Waals surface area contributed by atoms with E-state index < -0.39 is 0 Å². The van der Waals surface area contributed by atoms with Gasteiger partial charge in [-0.25, -0.2) is 0 Å². The molecule has 1 fully saturated rings. The third-order valence-corrected chi connectivity index (χ3v) is 4.35. The van der Waals surface area contributed by atoms with E-state index in [2.05, 4.69) is 16.9 Å². The lowest BCUT2D eigenvalue weighted by atomic mass is 9.95. The van der Waals surface area contributed by atoms with Crippen LogP contribution in [0.3, 0.4) is 0 Å². The second kappa shape index (κ2) is 7.96. The van der Waals surface area contributed by atoms with E-state index in [1.165, 1.54) is 25.7 Å². The first kappa shape index (κ1) is 13.8. The molecule has 0 aromatic rings. The van der Waals surface area contributed by atoms with E-state index in [-0.39, 0.29) is 5.91 Å². The van der Waals surface area contributed by atoms with Crippen molar-refractivity contribution in [2.75, 3.05) is 19.8 Å². The molecule has 1 amide bonds. The molecule has 0 spiro atoms. The Morgan fingerprint density at radius 3 is 2.94 bits per heavy atom. The zero-order valence-electron chi connectivity index (χ0n) is 10.4. The van der Waals surface area contributed by atoms with Crippen molar-refractivity contribution in [2.45, 2.75) is 49.8 Å². The number of hydrogen-bond donors (Lipinski definition) is 2. The summed E-state index contributed by atoms with van der Waals surface area (Å²) in [4.78, 5) is 11.0. The van der Waals surface area contributed by atoms with Crippen molar-refractivity contribution in [2.24, 2.45) is 0 Å². The number of carbonyl (C=O) groups is 1. The Bertz CT molecular complexity index is 211. The minimum atomic E-state index is 0.146. The van der Waals surface area contributed by atoms with Crippen LogP contribution in [0, 0.1) is 0 Å². The molecule has 16 heavy (non-hydrogen) atoms. The van der Waals surface area contributed by atoms with Crippen molar-refractivity contribution < 1.29 is 4.79 Å². The Morgan fingerprint density at radius 1 is 1.44 bits per heavy atom. The number of hydrogen-bond acceptors (Lipinski definition) is 3. The summed E-state index contributed by atoms with van der Waals surface area (Å²) in [6.07, 6.45) is 9.11. The Balaban J connectivity index is 2.06. The van der Waals surface area contributed by atoms with Crippen molar-refractivity contribution in [3.8, 4) is 0 Å². The molecule has 0 radical (unpaired) electrons. The predicted molar refractivity (Wildman–Crippen MR) is 70.9 cm³/mol. The normalized spacial score (nSPS) is 25.4. The molecule has 3 nitrogen and oxygen atoms in total. The van der Waals surface area contributed by atoms with Crippen LogP contribution >= 0.6 is 11.8 Å². The van der Waals surface area contributed by atoms with E-state index in [0.717, 1.165) is 18.2 Å². The largest absolute Gasteiger partial charge is 0.359 e. The van der Waals surface area contributed by atoms with E-state index in [9.17, 15) is 4.79 Å². The smallest absolute Gasteiger partial charge is 0.219 e. The van der Waals surface area contributed by atoms with Crippen LogP contribution in [0.2, 0.25) is 0 Å². The van der Waals surface area contributed by atoms with Crippen LogP contribution < -0.4 is 10.6 Å². The lowest BCUT2D eigenvalue weighted by molar-refractivity contribution is -0.120. The topological polar surface area (TPSA) is 41.1 Å². The Hall–Kier alpha value is -0.220. The second-order valence-electron chi connectivity index (χ2n) is 4.45. The van der Waals surface area contributed by atoms with Crippen LogP contribution in [0.5, 0.6) is 0 Å². The van der Waals surface area contributed by atoms with Gasteiger partial charge in [-0.2, -0.15) is 11.8 Å². The number of amides is 1. The first-order chi connectivity index (χ1) is 7.76. The first-order valence-corrected chi connectivity index (χ1v) is 7.51. The summed E-state index contributed by atoms with van der Waals surface area (Å²) in [5.41, 5.74) is 0.